The van der Waals surface area contributed by atoms with Crippen molar-refractivity contribution in [2.24, 2.45) is 5.10 Å². The van der Waals surface area contributed by atoms with Crippen LogP contribution in [0.4, 0.5) is 0 Å². The molecule has 1 saturated carbocycles. The maximum absolute atomic E-state index is 14.4. The maximum Gasteiger partial charge on any atom is 0.257 e. The van der Waals surface area contributed by atoms with E-state index in [1.807, 2.05) is 45.5 Å². The second-order valence-corrected chi connectivity index (χ2v) is 11.6. The van der Waals surface area contributed by atoms with Gasteiger partial charge >= 0.3 is 0 Å². The number of ether oxygens (including phenoxy) is 1. The highest BCUT2D eigenvalue weighted by molar-refractivity contribution is 6.16. The van der Waals surface area contributed by atoms with E-state index in [2.05, 4.69) is 40.7 Å². The summed E-state index contributed by atoms with van der Waals surface area (Å²) < 4.78 is 9.68. The molecule has 1 amide bonds. The highest BCUT2D eigenvalue weighted by Gasteiger charge is 2.28. The van der Waals surface area contributed by atoms with E-state index in [0.717, 1.165) is 77.7 Å². The van der Waals surface area contributed by atoms with Crippen molar-refractivity contribution in [2.45, 2.75) is 77.4 Å². The molecule has 0 saturated heterocycles. The van der Waals surface area contributed by atoms with Gasteiger partial charge in [0.15, 0.2) is 5.78 Å². The van der Waals surface area contributed by atoms with E-state index in [0.29, 0.717) is 12.1 Å². The molecule has 0 unspecified atom stereocenters. The minimum absolute atomic E-state index is 0.0216. The summed E-state index contributed by atoms with van der Waals surface area (Å²) in [5.74, 6) is -0.101. The van der Waals surface area contributed by atoms with Crippen molar-refractivity contribution in [3.05, 3.63) is 93.5 Å². The van der Waals surface area contributed by atoms with E-state index in [1.165, 1.54) is 6.92 Å². The molecular weight excluding hydrogens is 542 g/mol. The van der Waals surface area contributed by atoms with Gasteiger partial charge in [-0.15, -0.1) is 0 Å². The van der Waals surface area contributed by atoms with Gasteiger partial charge in [-0.1, -0.05) is 55.8 Å². The summed E-state index contributed by atoms with van der Waals surface area (Å²) in [5.41, 5.74) is 9.71. The quantitative estimate of drug-likeness (QED) is 0.284. The summed E-state index contributed by atoms with van der Waals surface area (Å²) in [7, 11) is 0. The Bertz CT molecular complexity index is 1750. The number of rotatable bonds is 10. The monoisotopic (exact) mass is 579 g/mol. The van der Waals surface area contributed by atoms with Crippen LogP contribution in [0.2, 0.25) is 0 Å². The van der Waals surface area contributed by atoms with E-state index >= 15 is 0 Å². The SMILES string of the molecule is CCCc1c(Cc2ccc(-c3ccccc3)c(C3=NNC(=O)C3)c2)c(=O)n(C2CCC(OCC(C)=O)CC2)c2ccnn12. The van der Waals surface area contributed by atoms with Gasteiger partial charge in [-0.05, 0) is 61.8 Å². The van der Waals surface area contributed by atoms with Crippen molar-refractivity contribution >= 4 is 23.0 Å². The molecular formula is C34H37N5O4. The van der Waals surface area contributed by atoms with Crippen molar-refractivity contribution in [3.63, 3.8) is 0 Å². The normalized spacial score (nSPS) is 18.6. The van der Waals surface area contributed by atoms with Crippen LogP contribution in [-0.4, -0.2) is 44.3 Å². The van der Waals surface area contributed by atoms with Gasteiger partial charge < -0.3 is 4.74 Å². The number of hydrazone groups is 1. The molecule has 222 valence electrons. The average Bonchev–Trinajstić information content (AvgIpc) is 3.68. The molecule has 0 bridgehead atoms. The number of hydrogen-bond acceptors (Lipinski definition) is 6. The lowest BCUT2D eigenvalue weighted by molar-refractivity contribution is -0.124. The standard InChI is InChI=1S/C34H37N5O4/c1-3-7-31-29(19-23-10-15-27(24-8-5-4-6-9-24)28(18-23)30-20-32(41)37-36-30)34(42)38(33-16-17-35-39(31)33)25-11-13-26(14-12-25)43-21-22(2)40/h4-6,8-10,15-18,25-26H,3,7,11-14,19-21H2,1-2H3,(H,37,41). The fourth-order valence-corrected chi connectivity index (χ4v) is 6.45. The summed E-state index contributed by atoms with van der Waals surface area (Å²) in [6.07, 6.45) is 7.28. The Morgan fingerprint density at radius 3 is 2.51 bits per heavy atom. The smallest absolute Gasteiger partial charge is 0.257 e. The molecule has 1 N–H and O–H groups in total. The molecule has 1 aliphatic heterocycles. The summed E-state index contributed by atoms with van der Waals surface area (Å²) in [6, 6.07) is 18.2. The van der Waals surface area contributed by atoms with Crippen LogP contribution in [0.25, 0.3) is 16.8 Å². The first-order valence-corrected chi connectivity index (χ1v) is 15.2. The molecule has 3 heterocycles. The van der Waals surface area contributed by atoms with Gasteiger partial charge in [0.1, 0.15) is 12.3 Å². The van der Waals surface area contributed by atoms with E-state index in [4.69, 9.17) is 4.74 Å². The third-order valence-corrected chi connectivity index (χ3v) is 8.47. The lowest BCUT2D eigenvalue weighted by Crippen LogP contribution is -2.35. The molecule has 6 rings (SSSR count). The lowest BCUT2D eigenvalue weighted by atomic mass is 9.91. The number of fused-ring (bicyclic) bond motifs is 1. The minimum Gasteiger partial charge on any atom is -0.370 e. The largest absolute Gasteiger partial charge is 0.370 e. The third-order valence-electron chi connectivity index (χ3n) is 8.47. The number of aromatic nitrogens is 3. The molecule has 0 radical (unpaired) electrons. The van der Waals surface area contributed by atoms with Crippen LogP contribution in [-0.2, 0) is 27.2 Å². The van der Waals surface area contributed by atoms with Crippen molar-refractivity contribution in [1.29, 1.82) is 0 Å². The zero-order valence-electron chi connectivity index (χ0n) is 24.7. The molecule has 2 aromatic carbocycles. The number of carbonyl (C=O) groups excluding carboxylic acids is 2. The van der Waals surface area contributed by atoms with Gasteiger partial charge in [-0.3, -0.25) is 19.0 Å². The summed E-state index contributed by atoms with van der Waals surface area (Å²) in [4.78, 5) is 37.9. The number of ketones is 1. The van der Waals surface area contributed by atoms with Crippen LogP contribution in [0.1, 0.15) is 80.8 Å². The van der Waals surface area contributed by atoms with Crippen molar-refractivity contribution in [1.82, 2.24) is 19.6 Å². The number of nitrogens with zero attached hydrogens (tertiary/aromatic N) is 4. The van der Waals surface area contributed by atoms with Crippen LogP contribution in [0, 0.1) is 0 Å². The molecule has 9 heteroatoms. The first-order chi connectivity index (χ1) is 20.9. The summed E-state index contributed by atoms with van der Waals surface area (Å²) in [6.45, 7) is 3.79. The summed E-state index contributed by atoms with van der Waals surface area (Å²) >= 11 is 0. The number of aryl methyl sites for hydroxylation is 1. The Kier molecular flexibility index (Phi) is 8.33. The number of Topliss-reactive ketones (excluding diaryl/α,β-unsaturated/α-hetero) is 1. The molecule has 0 atom stereocenters. The number of benzene rings is 2. The van der Waals surface area contributed by atoms with E-state index < -0.39 is 0 Å². The number of hydrogen-bond donors (Lipinski definition) is 1. The maximum atomic E-state index is 14.4. The Morgan fingerprint density at radius 2 is 1.81 bits per heavy atom. The van der Waals surface area contributed by atoms with Gasteiger partial charge in [-0.2, -0.15) is 10.2 Å². The number of nitrogens with one attached hydrogen (secondary N) is 1. The van der Waals surface area contributed by atoms with E-state index in [1.54, 1.807) is 6.20 Å². The third kappa shape index (κ3) is 5.95. The zero-order chi connectivity index (χ0) is 29.9. The predicted molar refractivity (Wildman–Crippen MR) is 165 cm³/mol. The fourth-order valence-electron chi connectivity index (χ4n) is 6.45. The zero-order valence-corrected chi connectivity index (χ0v) is 24.7. The highest BCUT2D eigenvalue weighted by atomic mass is 16.5. The fraction of sp³-hybridized carbons (Fsp3) is 0.382. The Morgan fingerprint density at radius 1 is 1.02 bits per heavy atom. The molecule has 9 nitrogen and oxygen atoms in total. The first kappa shape index (κ1) is 28.7. The van der Waals surface area contributed by atoms with Gasteiger partial charge in [0.05, 0.1) is 30.1 Å². The van der Waals surface area contributed by atoms with Gasteiger partial charge in [0.25, 0.3) is 5.56 Å². The van der Waals surface area contributed by atoms with Crippen molar-refractivity contribution < 1.29 is 14.3 Å². The second-order valence-electron chi connectivity index (χ2n) is 11.6. The van der Waals surface area contributed by atoms with Crippen LogP contribution in [0.15, 0.2) is 70.7 Å². The van der Waals surface area contributed by atoms with E-state index in [9.17, 15) is 14.4 Å². The Hall–Kier alpha value is -4.37. The van der Waals surface area contributed by atoms with Gasteiger partial charge in [0, 0.05) is 29.7 Å². The first-order valence-electron chi connectivity index (χ1n) is 15.2. The molecule has 2 aromatic heterocycles. The Balaban J connectivity index is 1.39. The van der Waals surface area contributed by atoms with Crippen LogP contribution >= 0.6 is 0 Å². The highest BCUT2D eigenvalue weighted by Crippen LogP contribution is 2.32. The average molecular weight is 580 g/mol. The van der Waals surface area contributed by atoms with Crippen molar-refractivity contribution in [3.8, 4) is 11.1 Å². The topological polar surface area (TPSA) is 107 Å². The minimum atomic E-state index is -0.127. The molecule has 4 aromatic rings. The molecule has 1 aliphatic carbocycles. The van der Waals surface area contributed by atoms with Crippen molar-refractivity contribution in [2.75, 3.05) is 6.61 Å². The number of carbonyl (C=O) groups is 2. The molecule has 1 fully saturated rings. The molecule has 0 spiro atoms. The van der Waals surface area contributed by atoms with Gasteiger partial charge in [0.2, 0.25) is 5.91 Å². The molecule has 43 heavy (non-hydrogen) atoms. The van der Waals surface area contributed by atoms with Crippen LogP contribution in [0.5, 0.6) is 0 Å². The Labute approximate surface area is 250 Å². The molecule has 2 aliphatic rings. The van der Waals surface area contributed by atoms with Crippen LogP contribution < -0.4 is 11.0 Å². The van der Waals surface area contributed by atoms with E-state index in [-0.39, 0.29) is 42.4 Å². The number of amides is 1. The van der Waals surface area contributed by atoms with Crippen LogP contribution in [0.3, 0.4) is 0 Å². The summed E-state index contributed by atoms with van der Waals surface area (Å²) in [5, 5.41) is 9.00. The predicted octanol–water partition coefficient (Wildman–Crippen LogP) is 5.02. The van der Waals surface area contributed by atoms with Gasteiger partial charge in [-0.25, -0.2) is 9.94 Å². The second kappa shape index (κ2) is 12.5. The lowest BCUT2D eigenvalue weighted by Gasteiger charge is -2.31.